The maximum Gasteiger partial charge on any atom is 0.323 e. The van der Waals surface area contributed by atoms with E-state index in [0.717, 1.165) is 22.8 Å². The summed E-state index contributed by atoms with van der Waals surface area (Å²) >= 11 is 0. The fraction of sp³-hybridized carbons (Fsp3) is 0.412. The third-order valence-electron chi connectivity index (χ3n) is 3.95. The molecule has 1 aromatic heterocycles. The minimum absolute atomic E-state index is 0.203. The average Bonchev–Trinajstić information content (AvgIpc) is 2.54. The molecule has 0 aliphatic heterocycles. The number of ether oxygens (including phenoxy) is 1. The molecule has 0 saturated carbocycles. The largest absolute Gasteiger partial charge is 0.468 e. The van der Waals surface area contributed by atoms with E-state index in [1.807, 2.05) is 24.4 Å². The van der Waals surface area contributed by atoms with Crippen LogP contribution in [-0.2, 0) is 16.1 Å². The van der Waals surface area contributed by atoms with Gasteiger partial charge in [0.15, 0.2) is 0 Å². The van der Waals surface area contributed by atoms with Gasteiger partial charge in [0.2, 0.25) is 0 Å². The molecule has 1 aromatic carbocycles. The van der Waals surface area contributed by atoms with Gasteiger partial charge in [-0.1, -0.05) is 38.5 Å². The summed E-state index contributed by atoms with van der Waals surface area (Å²) in [4.78, 5) is 16.0. The number of methoxy groups -OCH3 is 1. The van der Waals surface area contributed by atoms with E-state index in [0.29, 0.717) is 6.54 Å². The van der Waals surface area contributed by atoms with Crippen molar-refractivity contribution in [1.29, 1.82) is 0 Å². The van der Waals surface area contributed by atoms with Crippen LogP contribution in [0.4, 0.5) is 0 Å². The van der Waals surface area contributed by atoms with Gasteiger partial charge in [0, 0.05) is 24.3 Å². The lowest BCUT2D eigenvalue weighted by Gasteiger charge is -2.22. The van der Waals surface area contributed by atoms with Crippen LogP contribution in [-0.4, -0.2) is 24.1 Å². The number of carbonyl (C=O) groups is 1. The Balaban J connectivity index is 2.17. The van der Waals surface area contributed by atoms with Crippen LogP contribution in [0.1, 0.15) is 25.8 Å². The fourth-order valence-corrected chi connectivity index (χ4v) is 2.44. The summed E-state index contributed by atoms with van der Waals surface area (Å²) in [5, 5.41) is 5.60. The molecule has 1 N–H and O–H groups in total. The Morgan fingerprint density at radius 1 is 1.38 bits per heavy atom. The molecular formula is C17H22N2O2. The van der Waals surface area contributed by atoms with Crippen molar-refractivity contribution in [2.45, 2.75) is 32.9 Å². The topological polar surface area (TPSA) is 51.2 Å². The van der Waals surface area contributed by atoms with E-state index in [1.165, 1.54) is 7.11 Å². The molecule has 0 amide bonds. The number of nitrogens with one attached hydrogen (secondary N) is 1. The molecule has 0 aliphatic carbocycles. The second-order valence-electron chi connectivity index (χ2n) is 5.28. The number of benzene rings is 1. The van der Waals surface area contributed by atoms with Gasteiger partial charge in [-0.05, 0) is 22.9 Å². The highest BCUT2D eigenvalue weighted by Gasteiger charge is 2.24. The van der Waals surface area contributed by atoms with E-state index in [4.69, 9.17) is 4.74 Å². The van der Waals surface area contributed by atoms with Gasteiger partial charge in [0.05, 0.1) is 7.11 Å². The van der Waals surface area contributed by atoms with Crippen molar-refractivity contribution < 1.29 is 9.53 Å². The summed E-state index contributed by atoms with van der Waals surface area (Å²) in [5.41, 5.74) is 1.16. The quantitative estimate of drug-likeness (QED) is 0.830. The number of esters is 1. The Morgan fingerprint density at radius 3 is 2.90 bits per heavy atom. The van der Waals surface area contributed by atoms with Crippen LogP contribution in [0.3, 0.4) is 0 Å². The van der Waals surface area contributed by atoms with Crippen LogP contribution in [0.15, 0.2) is 36.7 Å². The molecule has 0 fully saturated rings. The van der Waals surface area contributed by atoms with E-state index < -0.39 is 0 Å². The smallest absolute Gasteiger partial charge is 0.323 e. The second-order valence-corrected chi connectivity index (χ2v) is 5.28. The van der Waals surface area contributed by atoms with Crippen molar-refractivity contribution in [2.24, 2.45) is 5.92 Å². The first-order chi connectivity index (χ1) is 10.2. The molecule has 2 atom stereocenters. The summed E-state index contributed by atoms with van der Waals surface area (Å²) in [5.74, 6) is 0.0281. The van der Waals surface area contributed by atoms with Crippen LogP contribution >= 0.6 is 0 Å². The molecule has 0 saturated heterocycles. The molecule has 4 nitrogen and oxygen atoms in total. The standard InChI is InChI=1S/C17H22N2O2/c1-4-12(2)16(17(20)21-3)19-11-14-7-5-6-13-10-18-9-8-15(13)14/h5-10,12,16,19H,4,11H2,1-3H3. The SMILES string of the molecule is CCC(C)C(NCc1cccc2cnccc12)C(=O)OC. The third kappa shape index (κ3) is 3.58. The van der Waals surface area contributed by atoms with Crippen LogP contribution in [0.25, 0.3) is 10.8 Å². The number of rotatable bonds is 6. The minimum atomic E-state index is -0.280. The van der Waals surface area contributed by atoms with Gasteiger partial charge in [-0.15, -0.1) is 0 Å². The Kier molecular flexibility index (Phi) is 5.28. The first-order valence-electron chi connectivity index (χ1n) is 7.30. The number of nitrogens with zero attached hydrogens (tertiary/aromatic N) is 1. The van der Waals surface area contributed by atoms with Crippen LogP contribution < -0.4 is 5.32 Å². The lowest BCUT2D eigenvalue weighted by Crippen LogP contribution is -2.42. The van der Waals surface area contributed by atoms with Gasteiger partial charge >= 0.3 is 5.97 Å². The van der Waals surface area contributed by atoms with Crippen molar-refractivity contribution in [2.75, 3.05) is 7.11 Å². The highest BCUT2D eigenvalue weighted by atomic mass is 16.5. The Labute approximate surface area is 125 Å². The zero-order valence-corrected chi connectivity index (χ0v) is 12.8. The van der Waals surface area contributed by atoms with Crippen molar-refractivity contribution >= 4 is 16.7 Å². The second kappa shape index (κ2) is 7.18. The number of aromatic nitrogens is 1. The zero-order chi connectivity index (χ0) is 15.2. The molecule has 0 aliphatic rings. The predicted octanol–water partition coefficient (Wildman–Crippen LogP) is 2.91. The lowest BCUT2D eigenvalue weighted by molar-refractivity contribution is -0.144. The van der Waals surface area contributed by atoms with E-state index in [-0.39, 0.29) is 17.9 Å². The number of hydrogen-bond donors (Lipinski definition) is 1. The number of pyridine rings is 1. The first-order valence-corrected chi connectivity index (χ1v) is 7.30. The summed E-state index contributed by atoms with van der Waals surface area (Å²) in [6.45, 7) is 4.76. The highest BCUT2D eigenvalue weighted by molar-refractivity contribution is 5.84. The van der Waals surface area contributed by atoms with Crippen molar-refractivity contribution in [3.05, 3.63) is 42.2 Å². The summed E-state index contributed by atoms with van der Waals surface area (Å²) in [6, 6.07) is 7.84. The maximum absolute atomic E-state index is 11.9. The molecule has 21 heavy (non-hydrogen) atoms. The molecule has 2 aromatic rings. The van der Waals surface area contributed by atoms with Gasteiger partial charge in [0.25, 0.3) is 0 Å². The Bertz CT molecular complexity index is 607. The molecule has 1 heterocycles. The number of fused-ring (bicyclic) bond motifs is 1. The van der Waals surface area contributed by atoms with Crippen molar-refractivity contribution in [1.82, 2.24) is 10.3 Å². The van der Waals surface area contributed by atoms with Gasteiger partial charge < -0.3 is 10.1 Å². The van der Waals surface area contributed by atoms with Crippen molar-refractivity contribution in [3.63, 3.8) is 0 Å². The normalized spacial score (nSPS) is 13.9. The molecule has 2 rings (SSSR count). The summed E-state index contributed by atoms with van der Waals surface area (Å²) < 4.78 is 4.90. The molecule has 0 radical (unpaired) electrons. The summed E-state index contributed by atoms with van der Waals surface area (Å²) in [7, 11) is 1.43. The monoisotopic (exact) mass is 286 g/mol. The zero-order valence-electron chi connectivity index (χ0n) is 12.8. The number of hydrogen-bond acceptors (Lipinski definition) is 4. The fourth-order valence-electron chi connectivity index (χ4n) is 2.44. The van der Waals surface area contributed by atoms with E-state index in [2.05, 4.69) is 30.2 Å². The average molecular weight is 286 g/mol. The van der Waals surface area contributed by atoms with E-state index in [9.17, 15) is 4.79 Å². The van der Waals surface area contributed by atoms with Crippen LogP contribution in [0.5, 0.6) is 0 Å². The molecule has 112 valence electrons. The minimum Gasteiger partial charge on any atom is -0.468 e. The van der Waals surface area contributed by atoms with Crippen molar-refractivity contribution in [3.8, 4) is 0 Å². The van der Waals surface area contributed by atoms with Crippen LogP contribution in [0.2, 0.25) is 0 Å². The van der Waals surface area contributed by atoms with Crippen LogP contribution in [0, 0.1) is 5.92 Å². The first kappa shape index (κ1) is 15.4. The van der Waals surface area contributed by atoms with Gasteiger partial charge in [0.1, 0.15) is 6.04 Å². The summed E-state index contributed by atoms with van der Waals surface area (Å²) in [6.07, 6.45) is 4.57. The lowest BCUT2D eigenvalue weighted by atomic mass is 9.98. The maximum atomic E-state index is 11.9. The van der Waals surface area contributed by atoms with Gasteiger partial charge in [-0.25, -0.2) is 0 Å². The van der Waals surface area contributed by atoms with Gasteiger partial charge in [-0.3, -0.25) is 9.78 Å². The molecule has 2 unspecified atom stereocenters. The highest BCUT2D eigenvalue weighted by Crippen LogP contribution is 2.18. The van der Waals surface area contributed by atoms with E-state index >= 15 is 0 Å². The third-order valence-corrected chi connectivity index (χ3v) is 3.95. The number of carbonyl (C=O) groups excluding carboxylic acids is 1. The molecular weight excluding hydrogens is 264 g/mol. The van der Waals surface area contributed by atoms with E-state index in [1.54, 1.807) is 6.20 Å². The predicted molar refractivity (Wildman–Crippen MR) is 83.8 cm³/mol. The molecule has 4 heteroatoms. The van der Waals surface area contributed by atoms with Gasteiger partial charge in [-0.2, -0.15) is 0 Å². The Morgan fingerprint density at radius 2 is 2.19 bits per heavy atom. The Hall–Kier alpha value is -1.94. The molecule has 0 spiro atoms. The molecule has 0 bridgehead atoms.